The Bertz CT molecular complexity index is 923. The molecular formula is C17H17FN6O. The number of fused-ring (bicyclic) bond motifs is 1. The Labute approximate surface area is 143 Å². The van der Waals surface area contributed by atoms with Crippen LogP contribution in [-0.2, 0) is 11.3 Å². The fraction of sp³-hybridized carbons (Fsp3) is 0.294. The minimum absolute atomic E-state index is 0.0201. The zero-order chi connectivity index (χ0) is 17.4. The lowest BCUT2D eigenvalue weighted by Gasteiger charge is -2.17. The van der Waals surface area contributed by atoms with E-state index in [-0.39, 0.29) is 17.8 Å². The van der Waals surface area contributed by atoms with E-state index in [0.717, 1.165) is 5.56 Å². The highest BCUT2D eigenvalue weighted by Crippen LogP contribution is 2.19. The van der Waals surface area contributed by atoms with Crippen molar-refractivity contribution in [3.05, 3.63) is 53.6 Å². The largest absolute Gasteiger partial charge is 0.357 e. The van der Waals surface area contributed by atoms with Crippen LogP contribution in [0.1, 0.15) is 17.8 Å². The van der Waals surface area contributed by atoms with E-state index in [1.807, 2.05) is 13.0 Å². The zero-order valence-electron chi connectivity index (χ0n) is 13.7. The van der Waals surface area contributed by atoms with Gasteiger partial charge in [0.25, 0.3) is 0 Å². The number of rotatable bonds is 4. The van der Waals surface area contributed by atoms with Gasteiger partial charge in [0.05, 0.1) is 0 Å². The molecule has 8 heteroatoms. The summed E-state index contributed by atoms with van der Waals surface area (Å²) in [7, 11) is 0. The van der Waals surface area contributed by atoms with Crippen LogP contribution in [0, 0.1) is 12.7 Å². The van der Waals surface area contributed by atoms with Crippen molar-refractivity contribution in [2.24, 2.45) is 0 Å². The third-order valence-electron chi connectivity index (χ3n) is 4.32. The van der Waals surface area contributed by atoms with Gasteiger partial charge in [-0.25, -0.2) is 4.39 Å². The van der Waals surface area contributed by atoms with Gasteiger partial charge in [-0.2, -0.15) is 4.52 Å². The lowest BCUT2D eigenvalue weighted by Crippen LogP contribution is -2.33. The van der Waals surface area contributed by atoms with Crippen molar-refractivity contribution in [1.29, 1.82) is 0 Å². The highest BCUT2D eigenvalue weighted by Gasteiger charge is 2.31. The Kier molecular flexibility index (Phi) is 3.79. The van der Waals surface area contributed by atoms with Crippen molar-refractivity contribution in [2.75, 3.05) is 11.9 Å². The van der Waals surface area contributed by atoms with Crippen molar-refractivity contribution >= 4 is 17.4 Å². The second-order valence-electron chi connectivity index (χ2n) is 6.11. The minimum Gasteiger partial charge on any atom is -0.357 e. The van der Waals surface area contributed by atoms with E-state index in [1.54, 1.807) is 27.6 Å². The van der Waals surface area contributed by atoms with E-state index in [9.17, 15) is 9.18 Å². The lowest BCUT2D eigenvalue weighted by molar-refractivity contribution is -0.128. The predicted octanol–water partition coefficient (Wildman–Crippen LogP) is 1.78. The van der Waals surface area contributed by atoms with Crippen LogP contribution in [0.2, 0.25) is 0 Å². The number of halogens is 1. The monoisotopic (exact) mass is 340 g/mol. The van der Waals surface area contributed by atoms with Gasteiger partial charge in [-0.15, -0.1) is 15.3 Å². The second kappa shape index (κ2) is 6.12. The molecule has 1 unspecified atom stereocenters. The van der Waals surface area contributed by atoms with E-state index in [2.05, 4.69) is 20.6 Å². The average Bonchev–Trinajstić information content (AvgIpc) is 3.15. The summed E-state index contributed by atoms with van der Waals surface area (Å²) < 4.78 is 14.6. The summed E-state index contributed by atoms with van der Waals surface area (Å²) in [6, 6.07) is 9.51. The summed E-state index contributed by atoms with van der Waals surface area (Å²) in [4.78, 5) is 14.4. The normalized spacial score (nSPS) is 17.4. The molecular weight excluding hydrogens is 323 g/mol. The molecule has 1 fully saturated rings. The number of carbonyl (C=O) groups is 1. The maximum absolute atomic E-state index is 13.0. The molecule has 0 aliphatic carbocycles. The summed E-state index contributed by atoms with van der Waals surface area (Å²) in [5.41, 5.74) is 1.58. The molecule has 1 amide bonds. The third kappa shape index (κ3) is 3.02. The maximum atomic E-state index is 13.0. The number of aromatic nitrogens is 4. The Balaban J connectivity index is 1.45. The summed E-state index contributed by atoms with van der Waals surface area (Å²) in [6.45, 7) is 2.96. The highest BCUT2D eigenvalue weighted by atomic mass is 19.1. The topological polar surface area (TPSA) is 75.4 Å². The number of hydrogen-bond acceptors (Lipinski definition) is 5. The Morgan fingerprint density at radius 1 is 1.20 bits per heavy atom. The van der Waals surface area contributed by atoms with Crippen molar-refractivity contribution in [1.82, 2.24) is 24.7 Å². The third-order valence-corrected chi connectivity index (χ3v) is 4.32. The number of amides is 1. The number of anilines is 1. The first-order valence-electron chi connectivity index (χ1n) is 8.09. The summed E-state index contributed by atoms with van der Waals surface area (Å²) in [5.74, 6) is 1.04. The lowest BCUT2D eigenvalue weighted by atomic mass is 10.2. The molecule has 2 aromatic heterocycles. The SMILES string of the molecule is Cc1nnc2ccc(NC3CCN(Cc4ccc(F)cc4)C3=O)nn12. The zero-order valence-corrected chi connectivity index (χ0v) is 13.7. The van der Waals surface area contributed by atoms with Gasteiger partial charge in [0.2, 0.25) is 5.91 Å². The summed E-state index contributed by atoms with van der Waals surface area (Å²) >= 11 is 0. The molecule has 7 nitrogen and oxygen atoms in total. The molecule has 1 aliphatic rings. The maximum Gasteiger partial charge on any atom is 0.245 e. The predicted molar refractivity (Wildman–Crippen MR) is 89.4 cm³/mol. The van der Waals surface area contributed by atoms with Crippen LogP contribution in [0.25, 0.3) is 5.65 Å². The molecule has 0 spiro atoms. The van der Waals surface area contributed by atoms with Crippen molar-refractivity contribution in [2.45, 2.75) is 25.9 Å². The first-order chi connectivity index (χ1) is 12.1. The fourth-order valence-electron chi connectivity index (χ4n) is 2.99. The van der Waals surface area contributed by atoms with E-state index < -0.39 is 0 Å². The van der Waals surface area contributed by atoms with Gasteiger partial charge in [0.15, 0.2) is 11.5 Å². The van der Waals surface area contributed by atoms with Gasteiger partial charge in [-0.3, -0.25) is 4.79 Å². The van der Waals surface area contributed by atoms with E-state index in [1.165, 1.54) is 12.1 Å². The number of nitrogens with zero attached hydrogens (tertiary/aromatic N) is 5. The molecule has 1 atom stereocenters. The van der Waals surface area contributed by atoms with Crippen molar-refractivity contribution in [3.8, 4) is 0 Å². The van der Waals surface area contributed by atoms with E-state index >= 15 is 0 Å². The number of hydrogen-bond donors (Lipinski definition) is 1. The molecule has 1 saturated heterocycles. The van der Waals surface area contributed by atoms with Crippen LogP contribution in [-0.4, -0.2) is 43.2 Å². The van der Waals surface area contributed by atoms with Gasteiger partial charge >= 0.3 is 0 Å². The van der Waals surface area contributed by atoms with Crippen LogP contribution in [0.15, 0.2) is 36.4 Å². The number of benzene rings is 1. The summed E-state index contributed by atoms with van der Waals surface area (Å²) in [6.07, 6.45) is 0.695. The molecule has 4 rings (SSSR count). The molecule has 0 radical (unpaired) electrons. The molecule has 1 aliphatic heterocycles. The van der Waals surface area contributed by atoms with Crippen molar-refractivity contribution in [3.63, 3.8) is 0 Å². The Morgan fingerprint density at radius 3 is 2.80 bits per heavy atom. The van der Waals surface area contributed by atoms with E-state index in [4.69, 9.17) is 0 Å². The average molecular weight is 340 g/mol. The van der Waals surface area contributed by atoms with Crippen LogP contribution < -0.4 is 5.32 Å². The van der Waals surface area contributed by atoms with Gasteiger partial charge in [-0.05, 0) is 43.2 Å². The second-order valence-corrected chi connectivity index (χ2v) is 6.11. The van der Waals surface area contributed by atoms with Gasteiger partial charge in [0.1, 0.15) is 17.7 Å². The van der Waals surface area contributed by atoms with Crippen molar-refractivity contribution < 1.29 is 9.18 Å². The molecule has 1 aromatic carbocycles. The van der Waals surface area contributed by atoms with Gasteiger partial charge < -0.3 is 10.2 Å². The van der Waals surface area contributed by atoms with Crippen LogP contribution >= 0.6 is 0 Å². The Morgan fingerprint density at radius 2 is 2.00 bits per heavy atom. The molecule has 0 bridgehead atoms. The Hall–Kier alpha value is -3.03. The molecule has 3 aromatic rings. The number of aryl methyl sites for hydroxylation is 1. The van der Waals surface area contributed by atoms with Gasteiger partial charge in [0, 0.05) is 13.1 Å². The standard InChI is InChI=1S/C17H17FN6O/c1-11-20-21-16-7-6-15(22-24(11)16)19-14-8-9-23(17(14)25)10-12-2-4-13(18)5-3-12/h2-7,14H,8-10H2,1H3,(H,19,22). The van der Waals surface area contributed by atoms with Crippen LogP contribution in [0.5, 0.6) is 0 Å². The molecule has 3 heterocycles. The summed E-state index contributed by atoms with van der Waals surface area (Å²) in [5, 5.41) is 15.6. The molecule has 0 saturated carbocycles. The molecule has 25 heavy (non-hydrogen) atoms. The number of carbonyl (C=O) groups excluding carboxylic acids is 1. The number of likely N-dealkylation sites (tertiary alicyclic amines) is 1. The van der Waals surface area contributed by atoms with Gasteiger partial charge in [-0.1, -0.05) is 12.1 Å². The first-order valence-corrected chi connectivity index (χ1v) is 8.09. The molecule has 128 valence electrons. The highest BCUT2D eigenvalue weighted by molar-refractivity contribution is 5.86. The fourth-order valence-corrected chi connectivity index (χ4v) is 2.99. The quantitative estimate of drug-likeness (QED) is 0.784. The van der Waals surface area contributed by atoms with Crippen LogP contribution in [0.3, 0.4) is 0 Å². The molecule has 1 N–H and O–H groups in total. The minimum atomic E-state index is -0.317. The van der Waals surface area contributed by atoms with Crippen LogP contribution in [0.4, 0.5) is 10.2 Å². The van der Waals surface area contributed by atoms with E-state index in [0.29, 0.717) is 36.8 Å². The number of nitrogens with one attached hydrogen (secondary N) is 1. The smallest absolute Gasteiger partial charge is 0.245 e. The first kappa shape index (κ1) is 15.5.